The molecule has 0 spiro atoms. The van der Waals surface area contributed by atoms with E-state index in [1.807, 2.05) is 18.2 Å². The van der Waals surface area contributed by atoms with Gasteiger partial charge in [-0.2, -0.15) is 0 Å². The summed E-state index contributed by atoms with van der Waals surface area (Å²) >= 11 is 0. The van der Waals surface area contributed by atoms with E-state index in [0.29, 0.717) is 6.42 Å². The zero-order valence-corrected chi connectivity index (χ0v) is 22.3. The van der Waals surface area contributed by atoms with Crippen molar-refractivity contribution in [2.24, 2.45) is 5.92 Å². The maximum atomic E-state index is 13.0. The van der Waals surface area contributed by atoms with E-state index in [1.165, 1.54) is 49.7 Å². The third-order valence-electron chi connectivity index (χ3n) is 6.55. The van der Waals surface area contributed by atoms with Crippen LogP contribution in [0.2, 0.25) is 0 Å². The van der Waals surface area contributed by atoms with Crippen LogP contribution in [-0.2, 0) is 19.3 Å². The summed E-state index contributed by atoms with van der Waals surface area (Å²) < 4.78 is 0. The minimum Gasteiger partial charge on any atom is -0.294 e. The number of Topliss-reactive ketones (excluding diaryl/α,β-unsaturated/α-hetero) is 1. The summed E-state index contributed by atoms with van der Waals surface area (Å²) in [5.74, 6) is 1.04. The van der Waals surface area contributed by atoms with Gasteiger partial charge in [-0.1, -0.05) is 122 Å². The molecule has 0 N–H and O–H groups in total. The molecule has 0 aliphatic rings. The van der Waals surface area contributed by atoms with Gasteiger partial charge in [0.15, 0.2) is 5.78 Å². The Morgan fingerprint density at radius 2 is 1.58 bits per heavy atom. The summed E-state index contributed by atoms with van der Waals surface area (Å²) in [5, 5.41) is 0. The average molecular weight is 449 g/mol. The highest BCUT2D eigenvalue weighted by Crippen LogP contribution is 2.22. The Kier molecular flexibility index (Phi) is 14.4. The highest BCUT2D eigenvalue weighted by molar-refractivity contribution is 5.99. The highest BCUT2D eigenvalue weighted by Gasteiger charge is 2.13. The van der Waals surface area contributed by atoms with Crippen molar-refractivity contribution in [3.63, 3.8) is 0 Å². The molecule has 1 heteroatoms. The van der Waals surface area contributed by atoms with Gasteiger partial charge in [-0.05, 0) is 59.9 Å². The number of carbonyl (C=O) groups excluding carboxylic acids is 1. The first-order valence-corrected chi connectivity index (χ1v) is 13.3. The second-order valence-corrected chi connectivity index (χ2v) is 9.33. The van der Waals surface area contributed by atoms with Crippen molar-refractivity contribution in [2.45, 2.75) is 106 Å². The predicted molar refractivity (Wildman–Crippen MR) is 147 cm³/mol. The third-order valence-corrected chi connectivity index (χ3v) is 6.55. The van der Waals surface area contributed by atoms with Crippen LogP contribution in [0, 0.1) is 12.8 Å². The average Bonchev–Trinajstić information content (AvgIpc) is 2.82. The monoisotopic (exact) mass is 448 g/mol. The molecule has 1 atom stereocenters. The first-order valence-electron chi connectivity index (χ1n) is 13.3. The predicted octanol–water partition coefficient (Wildman–Crippen LogP) is 9.58. The van der Waals surface area contributed by atoms with Crippen LogP contribution in [0.1, 0.15) is 118 Å². The highest BCUT2D eigenvalue weighted by atomic mass is 16.1. The molecule has 2 rings (SSSR count). The molecule has 0 aliphatic heterocycles. The van der Waals surface area contributed by atoms with E-state index >= 15 is 0 Å². The van der Waals surface area contributed by atoms with Crippen LogP contribution >= 0.6 is 0 Å². The van der Waals surface area contributed by atoms with Crippen molar-refractivity contribution in [1.29, 1.82) is 0 Å². The van der Waals surface area contributed by atoms with Gasteiger partial charge in [0, 0.05) is 12.0 Å². The van der Waals surface area contributed by atoms with Gasteiger partial charge in [-0.25, -0.2) is 0 Å². The SMILES string of the molecule is C=Cc1ccc(C(=O)Cc2ccc(CC[C@H](CC)CCC)c(C)c2)c(CCC)c1.CCCC. The van der Waals surface area contributed by atoms with Crippen LogP contribution < -0.4 is 0 Å². The zero-order valence-electron chi connectivity index (χ0n) is 22.3. The Morgan fingerprint density at radius 3 is 2.12 bits per heavy atom. The summed E-state index contributed by atoms with van der Waals surface area (Å²) in [4.78, 5) is 13.0. The molecule has 0 saturated carbocycles. The topological polar surface area (TPSA) is 17.1 Å². The third kappa shape index (κ3) is 10.1. The maximum Gasteiger partial charge on any atom is 0.167 e. The van der Waals surface area contributed by atoms with Crippen LogP contribution in [0.15, 0.2) is 43.0 Å². The minimum absolute atomic E-state index is 0.213. The number of carbonyl (C=O) groups is 1. The van der Waals surface area contributed by atoms with Gasteiger partial charge < -0.3 is 0 Å². The zero-order chi connectivity index (χ0) is 24.6. The first kappa shape index (κ1) is 28.9. The van der Waals surface area contributed by atoms with Gasteiger partial charge in [0.1, 0.15) is 0 Å². The van der Waals surface area contributed by atoms with E-state index in [-0.39, 0.29) is 5.78 Å². The van der Waals surface area contributed by atoms with E-state index < -0.39 is 0 Å². The molecule has 0 bridgehead atoms. The van der Waals surface area contributed by atoms with E-state index in [2.05, 4.69) is 72.4 Å². The van der Waals surface area contributed by atoms with Crippen LogP contribution in [0.3, 0.4) is 0 Å². The Labute approximate surface area is 204 Å². The van der Waals surface area contributed by atoms with E-state index in [9.17, 15) is 4.79 Å². The molecule has 0 fully saturated rings. The summed E-state index contributed by atoms with van der Waals surface area (Å²) in [6.07, 6.45) is 13.2. The van der Waals surface area contributed by atoms with Crippen molar-refractivity contribution in [3.8, 4) is 0 Å². The summed E-state index contributed by atoms with van der Waals surface area (Å²) in [5.41, 5.74) is 6.95. The number of aryl methyl sites for hydroxylation is 3. The molecule has 182 valence electrons. The van der Waals surface area contributed by atoms with Gasteiger partial charge in [0.2, 0.25) is 0 Å². The fourth-order valence-corrected chi connectivity index (χ4v) is 4.24. The van der Waals surface area contributed by atoms with Gasteiger partial charge in [0.05, 0.1) is 0 Å². The molecule has 0 radical (unpaired) electrons. The molecule has 0 unspecified atom stereocenters. The lowest BCUT2D eigenvalue weighted by atomic mass is 9.90. The lowest BCUT2D eigenvalue weighted by molar-refractivity contribution is 0.0992. The van der Waals surface area contributed by atoms with Crippen molar-refractivity contribution < 1.29 is 4.79 Å². The lowest BCUT2D eigenvalue weighted by Gasteiger charge is -2.15. The van der Waals surface area contributed by atoms with Crippen molar-refractivity contribution in [3.05, 3.63) is 76.4 Å². The molecule has 0 saturated heterocycles. The number of hydrogen-bond acceptors (Lipinski definition) is 1. The van der Waals surface area contributed by atoms with Crippen LogP contribution in [0.25, 0.3) is 6.08 Å². The Balaban J connectivity index is 0.00000125. The molecule has 0 heterocycles. The summed E-state index contributed by atoms with van der Waals surface area (Å²) in [6, 6.07) is 12.7. The summed E-state index contributed by atoms with van der Waals surface area (Å²) in [7, 11) is 0. The van der Waals surface area contributed by atoms with E-state index in [4.69, 9.17) is 0 Å². The fourth-order valence-electron chi connectivity index (χ4n) is 4.24. The molecule has 2 aromatic carbocycles. The smallest absolute Gasteiger partial charge is 0.167 e. The number of rotatable bonds is 13. The normalized spacial score (nSPS) is 11.5. The Bertz CT molecular complexity index is 844. The van der Waals surface area contributed by atoms with Gasteiger partial charge in [-0.15, -0.1) is 0 Å². The van der Waals surface area contributed by atoms with Gasteiger partial charge in [-0.3, -0.25) is 4.79 Å². The second kappa shape index (κ2) is 16.5. The van der Waals surface area contributed by atoms with Crippen LogP contribution in [0.4, 0.5) is 0 Å². The molecule has 2 aromatic rings. The molecule has 33 heavy (non-hydrogen) atoms. The first-order chi connectivity index (χ1) is 15.9. The number of ketones is 1. The van der Waals surface area contributed by atoms with E-state index in [1.54, 1.807) is 0 Å². The van der Waals surface area contributed by atoms with Crippen LogP contribution in [0.5, 0.6) is 0 Å². The Hall–Kier alpha value is -2.15. The number of hydrogen-bond donors (Lipinski definition) is 0. The molecular weight excluding hydrogens is 400 g/mol. The largest absolute Gasteiger partial charge is 0.294 e. The second-order valence-electron chi connectivity index (χ2n) is 9.33. The molecule has 1 nitrogen and oxygen atoms in total. The van der Waals surface area contributed by atoms with Gasteiger partial charge in [0.25, 0.3) is 0 Å². The van der Waals surface area contributed by atoms with Crippen molar-refractivity contribution >= 4 is 11.9 Å². The Morgan fingerprint density at radius 1 is 0.848 bits per heavy atom. The fraction of sp³-hybridized carbons (Fsp3) is 0.531. The van der Waals surface area contributed by atoms with Crippen molar-refractivity contribution in [1.82, 2.24) is 0 Å². The lowest BCUT2D eigenvalue weighted by Crippen LogP contribution is -2.08. The standard InChI is InChI=1S/C28H38O.C4H10/c1-6-10-22(8-3)12-15-25-16-13-24(18-21(25)5)20-28(29)27-17-14-23(9-4)19-26(27)11-7-2;1-3-4-2/h9,13-14,16-19,22H,4,6-8,10-12,15,20H2,1-3,5H3;3-4H2,1-2H3/t22-;/m1./s1. The molecule has 0 aromatic heterocycles. The molecule has 0 aliphatic carbocycles. The molecule has 0 amide bonds. The number of unbranched alkanes of at least 4 members (excludes halogenated alkanes) is 1. The quantitative estimate of drug-likeness (QED) is 0.279. The number of benzene rings is 2. The van der Waals surface area contributed by atoms with Gasteiger partial charge >= 0.3 is 0 Å². The van der Waals surface area contributed by atoms with Crippen LogP contribution in [-0.4, -0.2) is 5.78 Å². The molecular formula is C32H48O. The van der Waals surface area contributed by atoms with Crippen molar-refractivity contribution in [2.75, 3.05) is 0 Å². The minimum atomic E-state index is 0.213. The van der Waals surface area contributed by atoms with E-state index in [0.717, 1.165) is 47.4 Å². The maximum absolute atomic E-state index is 13.0. The summed E-state index contributed by atoms with van der Waals surface area (Å²) in [6.45, 7) is 17.1.